The van der Waals surface area contributed by atoms with Gasteiger partial charge in [0.05, 0.1) is 12.2 Å². The van der Waals surface area contributed by atoms with E-state index in [9.17, 15) is 4.79 Å². The number of carboxylic acid groups (broad SMARTS) is 1. The summed E-state index contributed by atoms with van der Waals surface area (Å²) in [6, 6.07) is 4.89. The SMILES string of the molecule is C[C@@H](c1ccc(Cl)cc1Cl)n1cc(C(=O)O)nn1. The fourth-order valence-corrected chi connectivity index (χ4v) is 2.11. The van der Waals surface area contributed by atoms with E-state index in [1.807, 2.05) is 6.92 Å². The number of nitrogens with zero attached hydrogens (tertiary/aromatic N) is 3. The standard InChI is InChI=1S/C11H9Cl2N3O2/c1-6(8-3-2-7(12)4-9(8)13)16-5-10(11(17)18)14-15-16/h2-6H,1H3,(H,17,18)/t6-/m0/s1. The van der Waals surface area contributed by atoms with Crippen molar-refractivity contribution in [3.05, 3.63) is 45.7 Å². The highest BCUT2D eigenvalue weighted by Crippen LogP contribution is 2.27. The van der Waals surface area contributed by atoms with Gasteiger partial charge in [-0.05, 0) is 24.6 Å². The molecule has 0 amide bonds. The third kappa shape index (κ3) is 2.47. The van der Waals surface area contributed by atoms with Crippen LogP contribution in [0.1, 0.15) is 29.0 Å². The molecule has 18 heavy (non-hydrogen) atoms. The molecule has 1 aromatic carbocycles. The maximum atomic E-state index is 10.7. The Kier molecular flexibility index (Phi) is 3.54. The summed E-state index contributed by atoms with van der Waals surface area (Å²) < 4.78 is 1.44. The van der Waals surface area contributed by atoms with Crippen molar-refractivity contribution in [2.75, 3.05) is 0 Å². The maximum absolute atomic E-state index is 10.7. The van der Waals surface area contributed by atoms with E-state index in [2.05, 4.69) is 10.3 Å². The maximum Gasteiger partial charge on any atom is 0.358 e. The Hall–Kier alpha value is -1.59. The Balaban J connectivity index is 2.35. The summed E-state index contributed by atoms with van der Waals surface area (Å²) in [5.41, 5.74) is 0.690. The Morgan fingerprint density at radius 3 is 2.72 bits per heavy atom. The molecule has 0 unspecified atom stereocenters. The van der Waals surface area contributed by atoms with Gasteiger partial charge in [-0.25, -0.2) is 9.48 Å². The van der Waals surface area contributed by atoms with Crippen molar-refractivity contribution in [1.82, 2.24) is 15.0 Å². The lowest BCUT2D eigenvalue weighted by Crippen LogP contribution is -2.08. The first kappa shape index (κ1) is 12.9. The van der Waals surface area contributed by atoms with Crippen LogP contribution in [0, 0.1) is 0 Å². The average Bonchev–Trinajstić information content (AvgIpc) is 2.77. The van der Waals surface area contributed by atoms with Crippen LogP contribution in [-0.2, 0) is 0 Å². The van der Waals surface area contributed by atoms with Crippen molar-refractivity contribution >= 4 is 29.2 Å². The molecular weight excluding hydrogens is 277 g/mol. The minimum atomic E-state index is -1.12. The van der Waals surface area contributed by atoms with Crippen LogP contribution in [0.25, 0.3) is 0 Å². The molecule has 0 aliphatic rings. The predicted octanol–water partition coefficient (Wildman–Crippen LogP) is 2.89. The summed E-state index contributed by atoms with van der Waals surface area (Å²) >= 11 is 11.9. The molecule has 0 saturated heterocycles. The van der Waals surface area contributed by atoms with Crippen LogP contribution in [0.15, 0.2) is 24.4 Å². The number of carbonyl (C=O) groups is 1. The van der Waals surface area contributed by atoms with E-state index in [1.54, 1.807) is 18.2 Å². The lowest BCUT2D eigenvalue weighted by Gasteiger charge is -2.13. The number of aromatic carboxylic acids is 1. The topological polar surface area (TPSA) is 68.0 Å². The third-order valence-electron chi connectivity index (χ3n) is 2.54. The highest BCUT2D eigenvalue weighted by molar-refractivity contribution is 6.35. The number of hydrogen-bond acceptors (Lipinski definition) is 3. The lowest BCUT2D eigenvalue weighted by molar-refractivity contribution is 0.0690. The Morgan fingerprint density at radius 2 is 2.17 bits per heavy atom. The minimum absolute atomic E-state index is 0.105. The highest BCUT2D eigenvalue weighted by Gasteiger charge is 2.16. The molecule has 1 aromatic heterocycles. The molecule has 1 heterocycles. The number of rotatable bonds is 3. The molecule has 0 aliphatic heterocycles. The summed E-state index contributed by atoms with van der Waals surface area (Å²) in [7, 11) is 0. The smallest absolute Gasteiger partial charge is 0.358 e. The zero-order valence-corrected chi connectivity index (χ0v) is 10.9. The van der Waals surface area contributed by atoms with Gasteiger partial charge >= 0.3 is 5.97 Å². The molecule has 0 spiro atoms. The van der Waals surface area contributed by atoms with Crippen LogP contribution in [0.4, 0.5) is 0 Å². The number of halogens is 2. The Labute approximate surface area is 113 Å². The first-order valence-electron chi connectivity index (χ1n) is 5.09. The quantitative estimate of drug-likeness (QED) is 0.942. The Bertz CT molecular complexity index is 598. The molecule has 1 atom stereocenters. The van der Waals surface area contributed by atoms with Gasteiger partial charge in [-0.1, -0.05) is 34.5 Å². The van der Waals surface area contributed by atoms with E-state index in [-0.39, 0.29) is 11.7 Å². The summed E-state index contributed by atoms with van der Waals surface area (Å²) in [4.78, 5) is 10.7. The first-order valence-corrected chi connectivity index (χ1v) is 5.84. The molecule has 0 saturated carbocycles. The van der Waals surface area contributed by atoms with E-state index >= 15 is 0 Å². The van der Waals surface area contributed by atoms with Crippen LogP contribution in [0.5, 0.6) is 0 Å². The Morgan fingerprint density at radius 1 is 1.44 bits per heavy atom. The molecule has 1 N–H and O–H groups in total. The van der Waals surface area contributed by atoms with Gasteiger partial charge in [0.1, 0.15) is 0 Å². The van der Waals surface area contributed by atoms with Gasteiger partial charge in [-0.15, -0.1) is 5.10 Å². The van der Waals surface area contributed by atoms with Gasteiger partial charge in [0.25, 0.3) is 0 Å². The second kappa shape index (κ2) is 4.96. The number of carboxylic acids is 1. The van der Waals surface area contributed by atoms with Crippen LogP contribution < -0.4 is 0 Å². The molecule has 0 bridgehead atoms. The molecule has 94 valence electrons. The fourth-order valence-electron chi connectivity index (χ4n) is 1.55. The van der Waals surface area contributed by atoms with Crippen molar-refractivity contribution in [3.8, 4) is 0 Å². The molecule has 5 nitrogen and oxygen atoms in total. The average molecular weight is 286 g/mol. The normalized spacial score (nSPS) is 12.4. The van der Waals surface area contributed by atoms with Crippen molar-refractivity contribution in [2.45, 2.75) is 13.0 Å². The largest absolute Gasteiger partial charge is 0.476 e. The zero-order valence-electron chi connectivity index (χ0n) is 9.34. The summed E-state index contributed by atoms with van der Waals surface area (Å²) in [6.45, 7) is 1.84. The lowest BCUT2D eigenvalue weighted by atomic mass is 10.1. The fraction of sp³-hybridized carbons (Fsp3) is 0.182. The van der Waals surface area contributed by atoms with Crippen molar-refractivity contribution in [2.24, 2.45) is 0 Å². The van der Waals surface area contributed by atoms with E-state index in [4.69, 9.17) is 28.3 Å². The van der Waals surface area contributed by atoms with E-state index < -0.39 is 5.97 Å². The predicted molar refractivity (Wildman–Crippen MR) is 67.3 cm³/mol. The van der Waals surface area contributed by atoms with E-state index in [1.165, 1.54) is 10.9 Å². The molecule has 0 fully saturated rings. The van der Waals surface area contributed by atoms with Gasteiger partial charge in [0, 0.05) is 10.0 Å². The van der Waals surface area contributed by atoms with Crippen LogP contribution in [0.3, 0.4) is 0 Å². The zero-order chi connectivity index (χ0) is 13.3. The van der Waals surface area contributed by atoms with Gasteiger partial charge in [0.2, 0.25) is 0 Å². The second-order valence-corrected chi connectivity index (χ2v) is 4.57. The number of hydrogen-bond donors (Lipinski definition) is 1. The molecule has 2 rings (SSSR count). The monoisotopic (exact) mass is 285 g/mol. The first-order chi connectivity index (χ1) is 8.49. The van der Waals surface area contributed by atoms with E-state index in [0.717, 1.165) is 5.56 Å². The number of benzene rings is 1. The molecule has 2 aromatic rings. The van der Waals surface area contributed by atoms with Crippen molar-refractivity contribution in [1.29, 1.82) is 0 Å². The summed E-state index contributed by atoms with van der Waals surface area (Å²) in [5.74, 6) is -1.12. The van der Waals surface area contributed by atoms with Crippen molar-refractivity contribution in [3.63, 3.8) is 0 Å². The number of aromatic nitrogens is 3. The van der Waals surface area contributed by atoms with Crippen LogP contribution in [-0.4, -0.2) is 26.1 Å². The minimum Gasteiger partial charge on any atom is -0.476 e. The third-order valence-corrected chi connectivity index (χ3v) is 3.10. The second-order valence-electron chi connectivity index (χ2n) is 3.73. The van der Waals surface area contributed by atoms with Crippen LogP contribution >= 0.6 is 23.2 Å². The molecule has 7 heteroatoms. The van der Waals surface area contributed by atoms with Gasteiger partial charge in [-0.3, -0.25) is 0 Å². The molecule has 0 radical (unpaired) electrons. The van der Waals surface area contributed by atoms with E-state index in [0.29, 0.717) is 10.0 Å². The van der Waals surface area contributed by atoms with Gasteiger partial charge in [0.15, 0.2) is 5.69 Å². The molecular formula is C11H9Cl2N3O2. The van der Waals surface area contributed by atoms with Crippen molar-refractivity contribution < 1.29 is 9.90 Å². The van der Waals surface area contributed by atoms with Gasteiger partial charge in [-0.2, -0.15) is 0 Å². The summed E-state index contributed by atoms with van der Waals surface area (Å²) in [5, 5.41) is 17.2. The van der Waals surface area contributed by atoms with Gasteiger partial charge < -0.3 is 5.11 Å². The van der Waals surface area contributed by atoms with Crippen LogP contribution in [0.2, 0.25) is 10.0 Å². The summed E-state index contributed by atoms with van der Waals surface area (Å²) in [6.07, 6.45) is 1.36. The molecule has 0 aliphatic carbocycles. The highest BCUT2D eigenvalue weighted by atomic mass is 35.5.